The molecule has 0 aliphatic carbocycles. The van der Waals surface area contributed by atoms with E-state index < -0.39 is 0 Å². The number of hydrogen-bond donors (Lipinski definition) is 0. The van der Waals surface area contributed by atoms with E-state index in [2.05, 4.69) is 34.1 Å². The van der Waals surface area contributed by atoms with Gasteiger partial charge in [-0.2, -0.15) is 0 Å². The highest BCUT2D eigenvalue weighted by atomic mass is 14.1. The number of rotatable bonds is 17. The van der Waals surface area contributed by atoms with Crippen LogP contribution in [0.1, 0.15) is 137 Å². The first-order valence-electron chi connectivity index (χ1n) is 10.9. The molecule has 1 radical (unpaired) electrons. The maximum Gasteiger partial charge on any atom is -0.0380 e. The second-order valence-electron chi connectivity index (χ2n) is 8.79. The van der Waals surface area contributed by atoms with E-state index in [1.165, 1.54) is 109 Å². The first-order chi connectivity index (χ1) is 11.1. The molecular formula is C23H47. The molecule has 0 rings (SSSR count). The van der Waals surface area contributed by atoms with Crippen LogP contribution in [0.15, 0.2) is 0 Å². The average Bonchev–Trinajstić information content (AvgIpc) is 2.49. The third kappa shape index (κ3) is 22.0. The molecule has 0 aliphatic rings. The molecule has 23 heavy (non-hydrogen) atoms. The van der Waals surface area contributed by atoms with Gasteiger partial charge in [-0.15, -0.1) is 0 Å². The Morgan fingerprint density at radius 3 is 1.22 bits per heavy atom. The Morgan fingerprint density at radius 1 is 0.522 bits per heavy atom. The van der Waals surface area contributed by atoms with Crippen molar-refractivity contribution in [2.75, 3.05) is 0 Å². The minimum Gasteiger partial charge on any atom is -0.0654 e. The predicted octanol–water partition coefficient (Wildman–Crippen LogP) is 8.89. The fourth-order valence-corrected chi connectivity index (χ4v) is 3.20. The maximum absolute atomic E-state index is 2.50. The summed E-state index contributed by atoms with van der Waals surface area (Å²) < 4.78 is 0. The van der Waals surface area contributed by atoms with Crippen molar-refractivity contribution in [2.24, 2.45) is 5.41 Å². The molecule has 0 bridgehead atoms. The van der Waals surface area contributed by atoms with Crippen LogP contribution in [-0.4, -0.2) is 0 Å². The molecule has 0 nitrogen and oxygen atoms in total. The van der Waals surface area contributed by atoms with Gasteiger partial charge in [-0.1, -0.05) is 130 Å². The highest BCUT2D eigenvalue weighted by Crippen LogP contribution is 2.22. The van der Waals surface area contributed by atoms with Gasteiger partial charge in [0.05, 0.1) is 0 Å². The van der Waals surface area contributed by atoms with Crippen LogP contribution in [0, 0.1) is 11.8 Å². The molecule has 0 aromatic heterocycles. The van der Waals surface area contributed by atoms with Crippen molar-refractivity contribution < 1.29 is 0 Å². The largest absolute Gasteiger partial charge is 0.0654 e. The first kappa shape index (κ1) is 23.0. The van der Waals surface area contributed by atoms with E-state index in [9.17, 15) is 0 Å². The minimum atomic E-state index is 0.482. The van der Waals surface area contributed by atoms with E-state index in [1.807, 2.05) is 0 Å². The Labute approximate surface area is 149 Å². The maximum atomic E-state index is 2.50. The zero-order valence-corrected chi connectivity index (χ0v) is 17.1. The molecule has 0 heteroatoms. The second-order valence-corrected chi connectivity index (χ2v) is 8.79. The van der Waals surface area contributed by atoms with Crippen LogP contribution in [0.3, 0.4) is 0 Å². The van der Waals surface area contributed by atoms with E-state index in [0.29, 0.717) is 5.41 Å². The van der Waals surface area contributed by atoms with Crippen molar-refractivity contribution in [1.82, 2.24) is 0 Å². The van der Waals surface area contributed by atoms with Crippen LogP contribution in [-0.2, 0) is 0 Å². The Kier molecular flexibility index (Phi) is 16.8. The Hall–Kier alpha value is 0. The number of hydrogen-bond acceptors (Lipinski definition) is 0. The van der Waals surface area contributed by atoms with Gasteiger partial charge in [-0.3, -0.25) is 0 Å². The summed E-state index contributed by atoms with van der Waals surface area (Å²) >= 11 is 0. The molecule has 0 spiro atoms. The lowest BCUT2D eigenvalue weighted by Crippen LogP contribution is -2.04. The lowest BCUT2D eigenvalue weighted by atomic mass is 9.89. The standard InChI is InChI=1S/C23H47/c1-5-6-7-8-9-10-11-12-13-14-15-16-17-18-19-20-21-22-23(2,3)4/h21H,5-20,22H2,1-4H3. The van der Waals surface area contributed by atoms with E-state index >= 15 is 0 Å². The molecule has 0 saturated carbocycles. The summed E-state index contributed by atoms with van der Waals surface area (Å²) in [6.07, 6.45) is 27.0. The van der Waals surface area contributed by atoms with E-state index in [1.54, 1.807) is 0 Å². The van der Waals surface area contributed by atoms with E-state index in [4.69, 9.17) is 0 Å². The number of unbranched alkanes of at least 4 members (excludes halogenated alkanes) is 16. The molecule has 0 aliphatic heterocycles. The zero-order chi connectivity index (χ0) is 17.2. The molecule has 0 atom stereocenters. The van der Waals surface area contributed by atoms with Crippen molar-refractivity contribution in [1.29, 1.82) is 0 Å². The Balaban J connectivity index is 3.00. The molecule has 0 aromatic rings. The van der Waals surface area contributed by atoms with E-state index in [0.717, 1.165) is 0 Å². The van der Waals surface area contributed by atoms with Crippen LogP contribution < -0.4 is 0 Å². The van der Waals surface area contributed by atoms with Crippen molar-refractivity contribution in [3.8, 4) is 0 Å². The van der Waals surface area contributed by atoms with Gasteiger partial charge in [0, 0.05) is 0 Å². The third-order valence-electron chi connectivity index (χ3n) is 4.77. The fourth-order valence-electron chi connectivity index (χ4n) is 3.20. The van der Waals surface area contributed by atoms with Crippen molar-refractivity contribution in [3.05, 3.63) is 6.42 Å². The Bertz CT molecular complexity index is 211. The lowest BCUT2D eigenvalue weighted by Gasteiger charge is -2.17. The van der Waals surface area contributed by atoms with Crippen LogP contribution in [0.5, 0.6) is 0 Å². The summed E-state index contributed by atoms with van der Waals surface area (Å²) in [4.78, 5) is 0. The lowest BCUT2D eigenvalue weighted by molar-refractivity contribution is 0.398. The normalized spacial score (nSPS) is 12.0. The molecule has 0 aromatic carbocycles. The monoisotopic (exact) mass is 323 g/mol. The van der Waals surface area contributed by atoms with E-state index in [-0.39, 0.29) is 0 Å². The molecule has 0 N–H and O–H groups in total. The van der Waals surface area contributed by atoms with Crippen LogP contribution in [0.4, 0.5) is 0 Å². The van der Waals surface area contributed by atoms with Gasteiger partial charge >= 0.3 is 0 Å². The summed E-state index contributed by atoms with van der Waals surface area (Å²) in [7, 11) is 0. The van der Waals surface area contributed by atoms with Gasteiger partial charge < -0.3 is 0 Å². The molecule has 139 valence electrons. The molecule has 0 heterocycles. The van der Waals surface area contributed by atoms with Gasteiger partial charge in [0.15, 0.2) is 0 Å². The molecule has 0 fully saturated rings. The van der Waals surface area contributed by atoms with Crippen molar-refractivity contribution >= 4 is 0 Å². The topological polar surface area (TPSA) is 0 Å². The van der Waals surface area contributed by atoms with Gasteiger partial charge in [-0.25, -0.2) is 0 Å². The first-order valence-corrected chi connectivity index (χ1v) is 10.9. The zero-order valence-electron chi connectivity index (χ0n) is 17.1. The summed E-state index contributed by atoms with van der Waals surface area (Å²) in [5.74, 6) is 0. The third-order valence-corrected chi connectivity index (χ3v) is 4.77. The second kappa shape index (κ2) is 16.8. The molecule has 0 amide bonds. The van der Waals surface area contributed by atoms with Crippen molar-refractivity contribution in [3.63, 3.8) is 0 Å². The summed E-state index contributed by atoms with van der Waals surface area (Å²) in [6, 6.07) is 0. The van der Waals surface area contributed by atoms with Crippen molar-refractivity contribution in [2.45, 2.75) is 137 Å². The quantitative estimate of drug-likeness (QED) is 0.234. The van der Waals surface area contributed by atoms with Crippen LogP contribution in [0.25, 0.3) is 0 Å². The fraction of sp³-hybridized carbons (Fsp3) is 0.957. The molecule has 0 saturated heterocycles. The predicted molar refractivity (Wildman–Crippen MR) is 108 cm³/mol. The van der Waals surface area contributed by atoms with Gasteiger partial charge in [0.2, 0.25) is 0 Å². The molecule has 0 unspecified atom stereocenters. The summed E-state index contributed by atoms with van der Waals surface area (Å²) in [5, 5.41) is 0. The highest BCUT2D eigenvalue weighted by Gasteiger charge is 2.08. The minimum absolute atomic E-state index is 0.482. The van der Waals surface area contributed by atoms with Crippen LogP contribution >= 0.6 is 0 Å². The highest BCUT2D eigenvalue weighted by molar-refractivity contribution is 4.73. The van der Waals surface area contributed by atoms with Gasteiger partial charge in [0.25, 0.3) is 0 Å². The van der Waals surface area contributed by atoms with Crippen LogP contribution in [0.2, 0.25) is 0 Å². The summed E-state index contributed by atoms with van der Waals surface area (Å²) in [6.45, 7) is 9.29. The summed E-state index contributed by atoms with van der Waals surface area (Å²) in [5.41, 5.74) is 0.482. The van der Waals surface area contributed by atoms with Gasteiger partial charge in [0.1, 0.15) is 0 Å². The smallest absolute Gasteiger partial charge is 0.0380 e. The Morgan fingerprint density at radius 2 is 0.870 bits per heavy atom. The van der Waals surface area contributed by atoms with Gasteiger partial charge in [-0.05, 0) is 18.3 Å². The molecular weight excluding hydrogens is 276 g/mol. The SMILES string of the molecule is CCCCCCCCCCCCCCCCC[CH]CC(C)(C)C. The average molecular weight is 324 g/mol.